The number of anilines is 1. The van der Waals surface area contributed by atoms with Crippen molar-refractivity contribution in [2.75, 3.05) is 18.4 Å². The van der Waals surface area contributed by atoms with E-state index in [1.54, 1.807) is 0 Å². The van der Waals surface area contributed by atoms with Crippen molar-refractivity contribution in [3.8, 4) is 11.3 Å². The SMILES string of the molecule is Cc1ccc(-c2cccc(C)n2)c(NC(=O)OC2CC3C(=O)NC4(C(=O)NS(=O)(=O)C5CC5)CC4/C=C/CCCCCNC(=O)N3C2)c1. The first-order valence-electron chi connectivity index (χ1n) is 16.6. The molecule has 48 heavy (non-hydrogen) atoms. The highest BCUT2D eigenvalue weighted by molar-refractivity contribution is 7.91. The van der Waals surface area contributed by atoms with Crippen LogP contribution in [0.25, 0.3) is 11.3 Å². The van der Waals surface area contributed by atoms with Crippen LogP contribution in [0.2, 0.25) is 0 Å². The lowest BCUT2D eigenvalue weighted by atomic mass is 10.1. The lowest BCUT2D eigenvalue weighted by Crippen LogP contribution is -2.57. The number of carbonyl (C=O) groups is 4. The fraction of sp³-hybridized carbons (Fsp3) is 0.500. The second-order valence-electron chi connectivity index (χ2n) is 13.2. The number of rotatable bonds is 6. The molecule has 2 aliphatic carbocycles. The van der Waals surface area contributed by atoms with Crippen molar-refractivity contribution in [3.05, 3.63) is 59.8 Å². The first kappa shape index (κ1) is 33.4. The predicted octanol–water partition coefficient (Wildman–Crippen LogP) is 3.68. The largest absolute Gasteiger partial charge is 0.444 e. The van der Waals surface area contributed by atoms with Crippen molar-refractivity contribution in [2.24, 2.45) is 5.92 Å². The van der Waals surface area contributed by atoms with Crippen LogP contribution in [0, 0.1) is 19.8 Å². The van der Waals surface area contributed by atoms with Gasteiger partial charge in [0.05, 0.1) is 23.2 Å². The van der Waals surface area contributed by atoms with E-state index in [1.807, 2.05) is 62.4 Å². The van der Waals surface area contributed by atoms with Gasteiger partial charge < -0.3 is 20.3 Å². The zero-order chi connectivity index (χ0) is 34.1. The number of carbonyl (C=O) groups excluding carboxylic acids is 4. The van der Waals surface area contributed by atoms with Crippen LogP contribution >= 0.6 is 0 Å². The van der Waals surface area contributed by atoms with E-state index in [0.717, 1.165) is 36.9 Å². The molecule has 1 aromatic heterocycles. The van der Waals surface area contributed by atoms with Gasteiger partial charge in [-0.1, -0.05) is 36.8 Å². The summed E-state index contributed by atoms with van der Waals surface area (Å²) in [5.74, 6) is -1.79. The molecule has 0 bridgehead atoms. The van der Waals surface area contributed by atoms with Gasteiger partial charge in [-0.15, -0.1) is 0 Å². The van der Waals surface area contributed by atoms with Crippen LogP contribution in [0.15, 0.2) is 48.6 Å². The average molecular weight is 679 g/mol. The van der Waals surface area contributed by atoms with Crippen molar-refractivity contribution in [1.29, 1.82) is 0 Å². The average Bonchev–Trinajstić information content (AvgIpc) is 3.95. The molecule has 1 saturated heterocycles. The minimum absolute atomic E-state index is 0.00857. The van der Waals surface area contributed by atoms with E-state index in [-0.39, 0.29) is 19.4 Å². The summed E-state index contributed by atoms with van der Waals surface area (Å²) in [6.45, 7) is 4.15. The van der Waals surface area contributed by atoms with Crippen molar-refractivity contribution in [2.45, 2.75) is 88.1 Å². The Morgan fingerprint density at radius 2 is 1.90 bits per heavy atom. The Kier molecular flexibility index (Phi) is 9.46. The number of aromatic nitrogens is 1. The standard InChI is InChI=1S/C34H42N6O7S/c1-21-12-15-26(27-11-8-9-22(2)36-27)28(17-21)37-33(44)47-24-18-29-30(41)38-34(31(42)39-48(45,46)25-13-14-25)19-23(34)10-6-4-3-5-7-16-35-32(43)40(29)20-24/h6,8-12,15,17,23-25,29H,3-5,7,13-14,16,18-20H2,1-2H3,(H,35,43)(H,37,44)(H,38,41)(H,39,42)/b10-6+. The maximum atomic E-state index is 13.9. The summed E-state index contributed by atoms with van der Waals surface area (Å²) in [5.41, 5.74) is 2.17. The number of benzene rings is 1. The summed E-state index contributed by atoms with van der Waals surface area (Å²) < 4.78 is 33.3. The molecule has 2 aromatic rings. The molecule has 6 rings (SSSR count). The Hall–Kier alpha value is -4.46. The molecular weight excluding hydrogens is 636 g/mol. The van der Waals surface area contributed by atoms with Crippen LogP contribution in [0.4, 0.5) is 15.3 Å². The zero-order valence-corrected chi connectivity index (χ0v) is 28.0. The van der Waals surface area contributed by atoms with Gasteiger partial charge in [-0.3, -0.25) is 24.6 Å². The molecule has 3 fully saturated rings. The van der Waals surface area contributed by atoms with Crippen molar-refractivity contribution < 1.29 is 32.3 Å². The fourth-order valence-corrected chi connectivity index (χ4v) is 7.78. The highest BCUT2D eigenvalue weighted by Crippen LogP contribution is 2.46. The summed E-state index contributed by atoms with van der Waals surface area (Å²) in [4.78, 5) is 59.8. The van der Waals surface area contributed by atoms with Gasteiger partial charge in [0.15, 0.2) is 0 Å². The highest BCUT2D eigenvalue weighted by Gasteiger charge is 2.62. The summed E-state index contributed by atoms with van der Waals surface area (Å²) >= 11 is 0. The quantitative estimate of drug-likeness (QED) is 0.335. The Morgan fingerprint density at radius 3 is 2.67 bits per heavy atom. The second kappa shape index (κ2) is 13.6. The topological polar surface area (TPSA) is 176 Å². The summed E-state index contributed by atoms with van der Waals surface area (Å²) in [6, 6.07) is 9.68. The van der Waals surface area contributed by atoms with E-state index >= 15 is 0 Å². The molecule has 256 valence electrons. The molecule has 0 spiro atoms. The Bertz CT molecular complexity index is 1740. The third kappa shape index (κ3) is 7.48. The lowest BCUT2D eigenvalue weighted by molar-refractivity contribution is -0.131. The van der Waals surface area contributed by atoms with Crippen LogP contribution in [0.3, 0.4) is 0 Å². The molecular formula is C34H42N6O7S. The number of urea groups is 1. The number of allylic oxidation sites excluding steroid dienone is 1. The van der Waals surface area contributed by atoms with Crippen LogP contribution in [0.5, 0.6) is 0 Å². The first-order chi connectivity index (χ1) is 22.9. The van der Waals surface area contributed by atoms with Gasteiger partial charge in [0.25, 0.3) is 5.91 Å². The van der Waals surface area contributed by atoms with Crippen molar-refractivity contribution in [1.82, 2.24) is 25.2 Å². The molecule has 5 amide bonds. The van der Waals surface area contributed by atoms with E-state index in [0.29, 0.717) is 36.3 Å². The summed E-state index contributed by atoms with van der Waals surface area (Å²) in [7, 11) is -3.85. The minimum Gasteiger partial charge on any atom is -0.444 e. The van der Waals surface area contributed by atoms with E-state index < -0.39 is 62.8 Å². The maximum absolute atomic E-state index is 13.9. The number of amides is 5. The normalized spacial score (nSPS) is 26.8. The number of pyridine rings is 1. The van der Waals surface area contributed by atoms with Crippen LogP contribution in [0.1, 0.15) is 62.6 Å². The van der Waals surface area contributed by atoms with E-state index in [2.05, 4.69) is 25.7 Å². The Morgan fingerprint density at radius 1 is 1.08 bits per heavy atom. The second-order valence-corrected chi connectivity index (χ2v) is 15.2. The third-order valence-corrected chi connectivity index (χ3v) is 11.2. The van der Waals surface area contributed by atoms with Crippen LogP contribution in [-0.2, 0) is 24.3 Å². The van der Waals surface area contributed by atoms with Crippen molar-refractivity contribution >= 4 is 39.6 Å². The smallest absolute Gasteiger partial charge is 0.411 e. The number of hydrogen-bond acceptors (Lipinski definition) is 8. The Balaban J connectivity index is 1.19. The third-order valence-electron chi connectivity index (χ3n) is 9.33. The maximum Gasteiger partial charge on any atom is 0.411 e. The number of hydrogen-bond donors (Lipinski definition) is 4. The molecule has 1 aromatic carbocycles. The minimum atomic E-state index is -3.85. The van der Waals surface area contributed by atoms with Gasteiger partial charge in [0, 0.05) is 30.1 Å². The molecule has 4 N–H and O–H groups in total. The number of sulfonamides is 1. The molecule has 14 heteroatoms. The summed E-state index contributed by atoms with van der Waals surface area (Å²) in [6.07, 6.45) is 6.69. The number of aryl methyl sites for hydroxylation is 2. The fourth-order valence-electron chi connectivity index (χ4n) is 6.41. The van der Waals surface area contributed by atoms with Crippen molar-refractivity contribution in [3.63, 3.8) is 0 Å². The molecule has 2 aliphatic heterocycles. The number of nitrogens with one attached hydrogen (secondary N) is 4. The molecule has 3 heterocycles. The van der Waals surface area contributed by atoms with Gasteiger partial charge in [0.2, 0.25) is 15.9 Å². The van der Waals surface area contributed by atoms with E-state index in [9.17, 15) is 27.6 Å². The lowest BCUT2D eigenvalue weighted by Gasteiger charge is -2.26. The molecule has 0 radical (unpaired) electrons. The van der Waals surface area contributed by atoms with Gasteiger partial charge >= 0.3 is 12.1 Å². The van der Waals surface area contributed by atoms with Gasteiger partial charge in [-0.05, 0) is 76.1 Å². The predicted molar refractivity (Wildman–Crippen MR) is 178 cm³/mol. The number of ether oxygens (including phenoxy) is 1. The zero-order valence-electron chi connectivity index (χ0n) is 27.2. The van der Waals surface area contributed by atoms with Gasteiger partial charge in [-0.2, -0.15) is 0 Å². The molecule has 4 unspecified atom stereocenters. The number of fused-ring (bicyclic) bond motifs is 2. The monoisotopic (exact) mass is 678 g/mol. The molecule has 2 saturated carbocycles. The number of nitrogens with zero attached hydrogens (tertiary/aromatic N) is 2. The van der Waals surface area contributed by atoms with Gasteiger partial charge in [-0.25, -0.2) is 18.0 Å². The van der Waals surface area contributed by atoms with Crippen LogP contribution in [-0.4, -0.2) is 78.3 Å². The molecule has 13 nitrogen and oxygen atoms in total. The van der Waals surface area contributed by atoms with E-state index in [1.165, 1.54) is 4.90 Å². The van der Waals surface area contributed by atoms with E-state index in [4.69, 9.17) is 4.74 Å². The van der Waals surface area contributed by atoms with Gasteiger partial charge in [0.1, 0.15) is 17.7 Å². The molecule has 4 atom stereocenters. The molecule has 4 aliphatic rings. The first-order valence-corrected chi connectivity index (χ1v) is 18.1. The van der Waals surface area contributed by atoms with Crippen LogP contribution < -0.4 is 20.7 Å². The highest BCUT2D eigenvalue weighted by atomic mass is 32.2. The summed E-state index contributed by atoms with van der Waals surface area (Å²) in [5, 5.41) is 7.88. The Labute approximate surface area is 280 Å².